The number of hydrogen-bond acceptors (Lipinski definition) is 1. The molecule has 1 atom stereocenters. The van der Waals surface area contributed by atoms with E-state index in [4.69, 9.17) is 0 Å². The lowest BCUT2D eigenvalue weighted by molar-refractivity contribution is 0.349. The standard InChI is InChI=1S/C20H33N/c1-4-17-11-13-19(14-12-17)20(16(2)3)21-15-18-9-7-5-6-8-10-18/h11-14,16,18,20-21H,4-10,15H2,1-3H3. The van der Waals surface area contributed by atoms with Gasteiger partial charge >= 0.3 is 0 Å². The zero-order chi connectivity index (χ0) is 15.1. The Balaban J connectivity index is 1.94. The lowest BCUT2D eigenvalue weighted by atomic mass is 9.93. The van der Waals surface area contributed by atoms with Gasteiger partial charge in [0.1, 0.15) is 0 Å². The highest BCUT2D eigenvalue weighted by Gasteiger charge is 2.18. The van der Waals surface area contributed by atoms with Gasteiger partial charge in [0, 0.05) is 6.04 Å². The summed E-state index contributed by atoms with van der Waals surface area (Å²) in [6.45, 7) is 8.08. The molecule has 0 spiro atoms. The zero-order valence-electron chi connectivity index (χ0n) is 14.2. The van der Waals surface area contributed by atoms with E-state index in [1.54, 1.807) is 0 Å². The van der Waals surface area contributed by atoms with E-state index in [0.717, 1.165) is 12.3 Å². The average molecular weight is 287 g/mol. The zero-order valence-corrected chi connectivity index (χ0v) is 14.2. The van der Waals surface area contributed by atoms with Crippen LogP contribution in [0.3, 0.4) is 0 Å². The molecule has 1 heteroatoms. The fraction of sp³-hybridized carbons (Fsp3) is 0.700. The summed E-state index contributed by atoms with van der Waals surface area (Å²) in [7, 11) is 0. The maximum absolute atomic E-state index is 3.87. The molecular formula is C20H33N. The predicted molar refractivity (Wildman–Crippen MR) is 92.6 cm³/mol. The van der Waals surface area contributed by atoms with Gasteiger partial charge in [-0.05, 0) is 48.8 Å². The molecule has 1 nitrogen and oxygen atoms in total. The van der Waals surface area contributed by atoms with Crippen LogP contribution in [0.5, 0.6) is 0 Å². The van der Waals surface area contributed by atoms with Crippen LogP contribution in [-0.2, 0) is 6.42 Å². The molecule has 1 N–H and O–H groups in total. The van der Waals surface area contributed by atoms with Gasteiger partial charge in [-0.15, -0.1) is 0 Å². The number of hydrogen-bond donors (Lipinski definition) is 1. The molecule has 1 unspecified atom stereocenters. The second-order valence-electron chi connectivity index (χ2n) is 7.08. The highest BCUT2D eigenvalue weighted by atomic mass is 14.9. The second kappa shape index (κ2) is 8.58. The van der Waals surface area contributed by atoms with Crippen molar-refractivity contribution in [3.8, 4) is 0 Å². The Morgan fingerprint density at radius 1 is 1.00 bits per heavy atom. The second-order valence-corrected chi connectivity index (χ2v) is 7.08. The number of rotatable bonds is 6. The molecule has 1 aromatic carbocycles. The fourth-order valence-electron chi connectivity index (χ4n) is 3.56. The van der Waals surface area contributed by atoms with E-state index in [0.29, 0.717) is 12.0 Å². The largest absolute Gasteiger partial charge is 0.309 e. The Hall–Kier alpha value is -0.820. The van der Waals surface area contributed by atoms with Gasteiger partial charge in [-0.2, -0.15) is 0 Å². The van der Waals surface area contributed by atoms with Crippen molar-refractivity contribution in [2.24, 2.45) is 11.8 Å². The van der Waals surface area contributed by atoms with Crippen LogP contribution in [0.25, 0.3) is 0 Å². The van der Waals surface area contributed by atoms with Gasteiger partial charge in [0.15, 0.2) is 0 Å². The number of aryl methyl sites for hydroxylation is 1. The van der Waals surface area contributed by atoms with E-state index in [2.05, 4.69) is 50.4 Å². The van der Waals surface area contributed by atoms with Crippen molar-refractivity contribution >= 4 is 0 Å². The molecule has 0 saturated heterocycles. The smallest absolute Gasteiger partial charge is 0.0343 e. The molecule has 1 fully saturated rings. The molecular weight excluding hydrogens is 254 g/mol. The van der Waals surface area contributed by atoms with E-state index < -0.39 is 0 Å². The molecule has 0 aliphatic heterocycles. The first kappa shape index (κ1) is 16.5. The van der Waals surface area contributed by atoms with Gasteiger partial charge in [-0.25, -0.2) is 0 Å². The van der Waals surface area contributed by atoms with Gasteiger partial charge < -0.3 is 5.32 Å². The SMILES string of the molecule is CCc1ccc(C(NCC2CCCCCC2)C(C)C)cc1. The van der Waals surface area contributed by atoms with E-state index in [-0.39, 0.29) is 0 Å². The Kier molecular flexibility index (Phi) is 6.76. The third-order valence-corrected chi connectivity index (χ3v) is 5.01. The molecule has 0 bridgehead atoms. The molecule has 1 aliphatic carbocycles. The van der Waals surface area contributed by atoms with Crippen LogP contribution in [0, 0.1) is 11.8 Å². The first-order valence-electron chi connectivity index (χ1n) is 9.03. The summed E-state index contributed by atoms with van der Waals surface area (Å²) in [5.41, 5.74) is 2.89. The van der Waals surface area contributed by atoms with Crippen LogP contribution in [0.1, 0.15) is 76.5 Å². The minimum absolute atomic E-state index is 0.499. The normalized spacial score (nSPS) is 18.7. The minimum Gasteiger partial charge on any atom is -0.309 e. The lowest BCUT2D eigenvalue weighted by Crippen LogP contribution is -2.30. The van der Waals surface area contributed by atoms with Gasteiger partial charge in [0.05, 0.1) is 0 Å². The summed E-state index contributed by atoms with van der Waals surface area (Å²) < 4.78 is 0. The van der Waals surface area contributed by atoms with Crippen LogP contribution in [0.4, 0.5) is 0 Å². The summed E-state index contributed by atoms with van der Waals surface area (Å²) in [5, 5.41) is 3.87. The predicted octanol–water partition coefficient (Wildman–Crippen LogP) is 5.51. The molecule has 1 aromatic rings. The van der Waals surface area contributed by atoms with Crippen LogP contribution in [0.15, 0.2) is 24.3 Å². The quantitative estimate of drug-likeness (QED) is 0.681. The van der Waals surface area contributed by atoms with Crippen LogP contribution >= 0.6 is 0 Å². The number of benzene rings is 1. The summed E-state index contributed by atoms with van der Waals surface area (Å²) in [4.78, 5) is 0. The Bertz CT molecular complexity index is 385. The summed E-state index contributed by atoms with van der Waals surface area (Å²) in [5.74, 6) is 1.53. The van der Waals surface area contributed by atoms with Crippen molar-refractivity contribution in [3.63, 3.8) is 0 Å². The van der Waals surface area contributed by atoms with Crippen LogP contribution in [0.2, 0.25) is 0 Å². The summed E-state index contributed by atoms with van der Waals surface area (Å²) in [6, 6.07) is 9.72. The monoisotopic (exact) mass is 287 g/mol. The Morgan fingerprint density at radius 3 is 2.14 bits per heavy atom. The molecule has 0 aromatic heterocycles. The topological polar surface area (TPSA) is 12.0 Å². The molecule has 0 radical (unpaired) electrons. The minimum atomic E-state index is 0.499. The Labute approximate surface area is 131 Å². The molecule has 2 rings (SSSR count). The van der Waals surface area contributed by atoms with Gasteiger partial charge in [0.25, 0.3) is 0 Å². The van der Waals surface area contributed by atoms with E-state index >= 15 is 0 Å². The molecule has 0 heterocycles. The maximum Gasteiger partial charge on any atom is 0.0343 e. The molecule has 118 valence electrons. The third kappa shape index (κ3) is 5.14. The highest BCUT2D eigenvalue weighted by Crippen LogP contribution is 2.26. The molecule has 0 amide bonds. The van der Waals surface area contributed by atoms with Crippen molar-refractivity contribution in [3.05, 3.63) is 35.4 Å². The molecule has 1 saturated carbocycles. The summed E-state index contributed by atoms with van der Waals surface area (Å²) in [6.07, 6.45) is 9.74. The van der Waals surface area contributed by atoms with E-state index in [1.807, 2.05) is 0 Å². The van der Waals surface area contributed by atoms with Gasteiger partial charge in [-0.1, -0.05) is 70.7 Å². The Morgan fingerprint density at radius 2 is 1.62 bits per heavy atom. The van der Waals surface area contributed by atoms with Gasteiger partial charge in [-0.3, -0.25) is 0 Å². The maximum atomic E-state index is 3.87. The van der Waals surface area contributed by atoms with Crippen LogP contribution < -0.4 is 5.32 Å². The third-order valence-electron chi connectivity index (χ3n) is 5.01. The van der Waals surface area contributed by atoms with Crippen molar-refractivity contribution in [1.29, 1.82) is 0 Å². The highest BCUT2D eigenvalue weighted by molar-refractivity contribution is 5.25. The first-order valence-corrected chi connectivity index (χ1v) is 9.03. The molecule has 21 heavy (non-hydrogen) atoms. The first-order chi connectivity index (χ1) is 10.2. The summed E-state index contributed by atoms with van der Waals surface area (Å²) >= 11 is 0. The van der Waals surface area contributed by atoms with Crippen molar-refractivity contribution in [2.45, 2.75) is 71.8 Å². The van der Waals surface area contributed by atoms with Crippen molar-refractivity contribution in [1.82, 2.24) is 5.32 Å². The number of nitrogens with one attached hydrogen (secondary N) is 1. The fourth-order valence-corrected chi connectivity index (χ4v) is 3.56. The van der Waals surface area contributed by atoms with Crippen LogP contribution in [-0.4, -0.2) is 6.54 Å². The van der Waals surface area contributed by atoms with E-state index in [1.165, 1.54) is 56.2 Å². The van der Waals surface area contributed by atoms with Crippen molar-refractivity contribution < 1.29 is 0 Å². The van der Waals surface area contributed by atoms with Gasteiger partial charge in [0.2, 0.25) is 0 Å². The lowest BCUT2D eigenvalue weighted by Gasteiger charge is -2.26. The molecule has 1 aliphatic rings. The van der Waals surface area contributed by atoms with E-state index in [9.17, 15) is 0 Å². The average Bonchev–Trinajstić information content (AvgIpc) is 2.76. The van der Waals surface area contributed by atoms with Crippen molar-refractivity contribution in [2.75, 3.05) is 6.54 Å².